The summed E-state index contributed by atoms with van der Waals surface area (Å²) in [5.41, 5.74) is -0.607. The van der Waals surface area contributed by atoms with Gasteiger partial charge in [0.05, 0.1) is 11.8 Å². The Morgan fingerprint density at radius 2 is 2.00 bits per heavy atom. The van der Waals surface area contributed by atoms with Crippen molar-refractivity contribution < 1.29 is 18.0 Å². The third-order valence-corrected chi connectivity index (χ3v) is 2.60. The number of anilines is 1. The molecule has 0 spiro atoms. The molecule has 4 nitrogen and oxygen atoms in total. The summed E-state index contributed by atoms with van der Waals surface area (Å²) in [4.78, 5) is 19.2. The van der Waals surface area contributed by atoms with E-state index in [1.807, 2.05) is 0 Å². The van der Waals surface area contributed by atoms with E-state index in [4.69, 9.17) is 0 Å². The van der Waals surface area contributed by atoms with Gasteiger partial charge in [0.15, 0.2) is 0 Å². The number of carbonyl (C=O) groups is 1. The van der Waals surface area contributed by atoms with Gasteiger partial charge in [-0.2, -0.15) is 13.2 Å². The van der Waals surface area contributed by atoms with Gasteiger partial charge in [-0.15, -0.1) is 0 Å². The van der Waals surface area contributed by atoms with Crippen LogP contribution in [0.4, 0.5) is 18.9 Å². The van der Waals surface area contributed by atoms with E-state index in [-0.39, 0.29) is 16.9 Å². The van der Waals surface area contributed by atoms with E-state index in [2.05, 4.69) is 15.3 Å². The summed E-state index contributed by atoms with van der Waals surface area (Å²) in [6, 6.07) is 3.59. The summed E-state index contributed by atoms with van der Waals surface area (Å²) in [6.45, 7) is 1.36. The number of rotatable bonds is 2. The second-order valence-corrected chi connectivity index (χ2v) is 4.07. The lowest BCUT2D eigenvalue weighted by Crippen LogP contribution is -2.15. The molecular weight excluding hydrogens is 271 g/mol. The first kappa shape index (κ1) is 14.0. The minimum atomic E-state index is -4.46. The zero-order valence-electron chi connectivity index (χ0n) is 10.4. The molecule has 1 aromatic carbocycles. The van der Waals surface area contributed by atoms with Crippen LogP contribution < -0.4 is 5.32 Å². The lowest BCUT2D eigenvalue weighted by molar-refractivity contribution is -0.138. The lowest BCUT2D eigenvalue weighted by Gasteiger charge is -2.12. The number of aryl methyl sites for hydroxylation is 1. The molecule has 0 aliphatic heterocycles. The van der Waals surface area contributed by atoms with Crippen molar-refractivity contribution in [3.63, 3.8) is 0 Å². The van der Waals surface area contributed by atoms with Crippen LogP contribution in [0.25, 0.3) is 0 Å². The monoisotopic (exact) mass is 281 g/mol. The summed E-state index contributed by atoms with van der Waals surface area (Å²) >= 11 is 0. The molecule has 104 valence electrons. The SMILES string of the molecule is Cc1ccc(NC(=O)c2cnccn2)cc1C(F)(F)F. The Bertz CT molecular complexity index is 627. The molecule has 0 aliphatic rings. The van der Waals surface area contributed by atoms with Crippen LogP contribution in [-0.4, -0.2) is 15.9 Å². The number of amides is 1. The molecule has 0 radical (unpaired) electrons. The van der Waals surface area contributed by atoms with Gasteiger partial charge in [-0.3, -0.25) is 9.78 Å². The Labute approximate surface area is 112 Å². The number of halogens is 3. The van der Waals surface area contributed by atoms with Crippen LogP contribution in [0.15, 0.2) is 36.8 Å². The third-order valence-electron chi connectivity index (χ3n) is 2.60. The van der Waals surface area contributed by atoms with Crippen LogP contribution in [0, 0.1) is 6.92 Å². The second kappa shape index (κ2) is 5.28. The normalized spacial score (nSPS) is 11.2. The smallest absolute Gasteiger partial charge is 0.321 e. The van der Waals surface area contributed by atoms with Crippen molar-refractivity contribution in [2.24, 2.45) is 0 Å². The number of hydrogen-bond donors (Lipinski definition) is 1. The fourth-order valence-corrected chi connectivity index (χ4v) is 1.62. The van der Waals surface area contributed by atoms with E-state index < -0.39 is 17.6 Å². The second-order valence-electron chi connectivity index (χ2n) is 4.07. The fourth-order valence-electron chi connectivity index (χ4n) is 1.62. The van der Waals surface area contributed by atoms with E-state index in [0.29, 0.717) is 0 Å². The quantitative estimate of drug-likeness (QED) is 0.920. The van der Waals surface area contributed by atoms with Gasteiger partial charge >= 0.3 is 6.18 Å². The molecule has 0 saturated carbocycles. The molecule has 1 amide bonds. The van der Waals surface area contributed by atoms with Gasteiger partial charge in [-0.1, -0.05) is 6.07 Å². The molecule has 1 heterocycles. The van der Waals surface area contributed by atoms with Gasteiger partial charge in [0, 0.05) is 18.1 Å². The summed E-state index contributed by atoms with van der Waals surface area (Å²) in [5, 5.41) is 2.36. The van der Waals surface area contributed by atoms with Crippen LogP contribution in [0.5, 0.6) is 0 Å². The maximum absolute atomic E-state index is 12.8. The zero-order chi connectivity index (χ0) is 14.8. The highest BCUT2D eigenvalue weighted by atomic mass is 19.4. The van der Waals surface area contributed by atoms with Crippen molar-refractivity contribution in [1.82, 2.24) is 9.97 Å². The number of aromatic nitrogens is 2. The largest absolute Gasteiger partial charge is 0.416 e. The predicted octanol–water partition coefficient (Wildman–Crippen LogP) is 3.06. The Balaban J connectivity index is 2.25. The minimum absolute atomic E-state index is 0.0293. The van der Waals surface area contributed by atoms with Gasteiger partial charge in [-0.05, 0) is 24.6 Å². The van der Waals surface area contributed by atoms with E-state index in [9.17, 15) is 18.0 Å². The highest BCUT2D eigenvalue weighted by Gasteiger charge is 2.32. The molecule has 0 saturated heterocycles. The fraction of sp³-hybridized carbons (Fsp3) is 0.154. The number of alkyl halides is 3. The van der Waals surface area contributed by atoms with Crippen molar-refractivity contribution in [3.05, 3.63) is 53.6 Å². The van der Waals surface area contributed by atoms with Crippen molar-refractivity contribution in [1.29, 1.82) is 0 Å². The summed E-state index contributed by atoms with van der Waals surface area (Å²) in [7, 11) is 0. The maximum Gasteiger partial charge on any atom is 0.416 e. The predicted molar refractivity (Wildman–Crippen MR) is 66.2 cm³/mol. The van der Waals surface area contributed by atoms with Gasteiger partial charge in [-0.25, -0.2) is 4.98 Å². The summed E-state index contributed by atoms with van der Waals surface area (Å²) < 4.78 is 38.3. The minimum Gasteiger partial charge on any atom is -0.321 e. The van der Waals surface area contributed by atoms with Crippen molar-refractivity contribution in [2.75, 3.05) is 5.32 Å². The molecule has 0 bridgehead atoms. The van der Waals surface area contributed by atoms with E-state index in [1.54, 1.807) is 0 Å². The number of benzene rings is 1. The van der Waals surface area contributed by atoms with Crippen LogP contribution >= 0.6 is 0 Å². The molecule has 0 fully saturated rings. The molecule has 1 N–H and O–H groups in total. The van der Waals surface area contributed by atoms with Crippen molar-refractivity contribution in [3.8, 4) is 0 Å². The molecule has 2 aromatic rings. The molecule has 0 unspecified atom stereocenters. The number of nitrogens with one attached hydrogen (secondary N) is 1. The molecule has 0 atom stereocenters. The molecule has 7 heteroatoms. The highest BCUT2D eigenvalue weighted by molar-refractivity contribution is 6.02. The summed E-state index contributed by atoms with van der Waals surface area (Å²) in [6.07, 6.45) is -0.513. The van der Waals surface area contributed by atoms with Crippen LogP contribution in [-0.2, 0) is 6.18 Å². The first-order valence-electron chi connectivity index (χ1n) is 5.63. The first-order chi connectivity index (χ1) is 9.38. The third kappa shape index (κ3) is 3.11. The van der Waals surface area contributed by atoms with E-state index >= 15 is 0 Å². The first-order valence-corrected chi connectivity index (χ1v) is 5.63. The van der Waals surface area contributed by atoms with Crippen LogP contribution in [0.1, 0.15) is 21.6 Å². The molecule has 1 aromatic heterocycles. The Morgan fingerprint density at radius 3 is 2.60 bits per heavy atom. The average Bonchev–Trinajstić information content (AvgIpc) is 2.40. The number of nitrogens with zero attached hydrogens (tertiary/aromatic N) is 2. The molecule has 0 aliphatic carbocycles. The van der Waals surface area contributed by atoms with E-state index in [1.165, 1.54) is 37.6 Å². The van der Waals surface area contributed by atoms with Crippen LogP contribution in [0.2, 0.25) is 0 Å². The van der Waals surface area contributed by atoms with Gasteiger partial charge in [0.25, 0.3) is 5.91 Å². The van der Waals surface area contributed by atoms with Crippen LogP contribution in [0.3, 0.4) is 0 Å². The van der Waals surface area contributed by atoms with Gasteiger partial charge < -0.3 is 5.32 Å². The topological polar surface area (TPSA) is 54.9 Å². The molecule has 2 rings (SSSR count). The number of carbonyl (C=O) groups excluding carboxylic acids is 1. The Kier molecular flexibility index (Phi) is 3.69. The van der Waals surface area contributed by atoms with Crippen molar-refractivity contribution >= 4 is 11.6 Å². The van der Waals surface area contributed by atoms with Crippen molar-refractivity contribution in [2.45, 2.75) is 13.1 Å². The Hall–Kier alpha value is -2.44. The Morgan fingerprint density at radius 1 is 1.25 bits per heavy atom. The van der Waals surface area contributed by atoms with E-state index in [0.717, 1.165) is 6.07 Å². The molecule has 20 heavy (non-hydrogen) atoms. The standard InChI is InChI=1S/C13H10F3N3O/c1-8-2-3-9(6-10(8)13(14,15)16)19-12(20)11-7-17-4-5-18-11/h2-7H,1H3,(H,19,20). The molecular formula is C13H10F3N3O. The lowest BCUT2D eigenvalue weighted by atomic mass is 10.1. The average molecular weight is 281 g/mol. The highest BCUT2D eigenvalue weighted by Crippen LogP contribution is 2.33. The van der Waals surface area contributed by atoms with Gasteiger partial charge in [0.1, 0.15) is 5.69 Å². The number of hydrogen-bond acceptors (Lipinski definition) is 3. The maximum atomic E-state index is 12.8. The zero-order valence-corrected chi connectivity index (χ0v) is 10.4. The summed E-state index contributed by atoms with van der Waals surface area (Å²) in [5.74, 6) is -0.616. The van der Waals surface area contributed by atoms with Gasteiger partial charge in [0.2, 0.25) is 0 Å².